The Morgan fingerprint density at radius 1 is 0.396 bits per heavy atom. The van der Waals surface area contributed by atoms with Gasteiger partial charge in [-0.05, 0) is 82.2 Å². The zero-order chi connectivity index (χ0) is 35.4. The van der Waals surface area contributed by atoms with Crippen molar-refractivity contribution < 1.29 is 0 Å². The molecule has 10 aromatic rings. The summed E-state index contributed by atoms with van der Waals surface area (Å²) in [5.41, 5.74) is 8.70. The van der Waals surface area contributed by atoms with Crippen LogP contribution in [0.5, 0.6) is 0 Å². The Balaban J connectivity index is 1.35. The lowest BCUT2D eigenvalue weighted by Crippen LogP contribution is -2.31. The number of aromatic nitrogens is 4. The molecule has 0 amide bonds. The van der Waals surface area contributed by atoms with Crippen molar-refractivity contribution in [1.29, 1.82) is 0 Å². The van der Waals surface area contributed by atoms with Gasteiger partial charge in [0.15, 0.2) is 5.69 Å². The van der Waals surface area contributed by atoms with Crippen LogP contribution >= 0.6 is 0 Å². The molecule has 248 valence electrons. The third kappa shape index (κ3) is 4.63. The van der Waals surface area contributed by atoms with Crippen molar-refractivity contribution in [2.24, 2.45) is 0 Å². The van der Waals surface area contributed by atoms with E-state index in [1.165, 1.54) is 10.8 Å². The number of pyridine rings is 2. The molecule has 0 fully saturated rings. The molecule has 4 aromatic heterocycles. The van der Waals surface area contributed by atoms with Crippen LogP contribution in [0.1, 0.15) is 22.3 Å². The molecule has 10 rings (SSSR count). The van der Waals surface area contributed by atoms with Gasteiger partial charge in [0.25, 0.3) is 0 Å². The zero-order valence-electron chi connectivity index (χ0n) is 28.6. The summed E-state index contributed by atoms with van der Waals surface area (Å²) in [5.74, 6) is 1.70. The molecule has 53 heavy (non-hydrogen) atoms. The van der Waals surface area contributed by atoms with Gasteiger partial charge in [-0.3, -0.25) is 9.13 Å². The Labute approximate surface area is 306 Å². The van der Waals surface area contributed by atoms with Gasteiger partial charge in [0, 0.05) is 28.6 Å². The maximum Gasteiger partial charge on any atom is 0.188 e. The molecule has 6 aromatic carbocycles. The Bertz CT molecular complexity index is 2950. The van der Waals surface area contributed by atoms with Crippen LogP contribution in [0, 0.1) is 6.57 Å². The first-order valence-electron chi connectivity index (χ1n) is 17.7. The third-order valence-corrected chi connectivity index (χ3v) is 10.6. The van der Waals surface area contributed by atoms with Gasteiger partial charge in [0.1, 0.15) is 11.6 Å². The van der Waals surface area contributed by atoms with Crippen LogP contribution in [-0.2, 0) is 5.41 Å². The Hall–Kier alpha value is -7.29. The van der Waals surface area contributed by atoms with Crippen molar-refractivity contribution in [3.05, 3.63) is 222 Å². The summed E-state index contributed by atoms with van der Waals surface area (Å²) in [6, 6.07) is 62.0. The van der Waals surface area contributed by atoms with E-state index in [0.29, 0.717) is 5.69 Å². The highest BCUT2D eigenvalue weighted by molar-refractivity contribution is 6.11. The lowest BCUT2D eigenvalue weighted by atomic mass is 9.65. The zero-order valence-corrected chi connectivity index (χ0v) is 28.6. The van der Waals surface area contributed by atoms with Crippen LogP contribution in [0.2, 0.25) is 0 Å². The highest BCUT2D eigenvalue weighted by atomic mass is 15.1. The van der Waals surface area contributed by atoms with Crippen LogP contribution in [0.25, 0.3) is 60.1 Å². The molecule has 5 heteroatoms. The predicted octanol–water partition coefficient (Wildman–Crippen LogP) is 11.6. The largest absolute Gasteiger partial charge is 0.294 e. The van der Waals surface area contributed by atoms with Gasteiger partial charge < -0.3 is 0 Å². The lowest BCUT2D eigenvalue weighted by Gasteiger charge is -2.37. The Morgan fingerprint density at radius 3 is 1.43 bits per heavy atom. The average Bonchev–Trinajstić information content (AvgIpc) is 3.74. The summed E-state index contributed by atoms with van der Waals surface area (Å²) in [6.45, 7) is 7.76. The lowest BCUT2D eigenvalue weighted by molar-refractivity contribution is 0.746. The van der Waals surface area contributed by atoms with Gasteiger partial charge >= 0.3 is 0 Å². The fraction of sp³-hybridized carbons (Fsp3) is 0.0208. The minimum Gasteiger partial charge on any atom is -0.294 e. The number of hydrogen-bond acceptors (Lipinski definition) is 2. The molecule has 0 saturated carbocycles. The second-order valence-electron chi connectivity index (χ2n) is 13.3. The molecule has 0 unspecified atom stereocenters. The molecule has 0 aliphatic rings. The first kappa shape index (κ1) is 30.5. The average molecular weight is 678 g/mol. The van der Waals surface area contributed by atoms with E-state index in [2.05, 4.69) is 141 Å². The van der Waals surface area contributed by atoms with Crippen molar-refractivity contribution in [2.45, 2.75) is 5.41 Å². The summed E-state index contributed by atoms with van der Waals surface area (Å²) in [5, 5.41) is 4.45. The summed E-state index contributed by atoms with van der Waals surface area (Å²) < 4.78 is 4.51. The van der Waals surface area contributed by atoms with E-state index in [-0.39, 0.29) is 0 Å². The van der Waals surface area contributed by atoms with E-state index in [9.17, 15) is 0 Å². The van der Waals surface area contributed by atoms with Crippen molar-refractivity contribution in [1.82, 2.24) is 19.1 Å². The SMILES string of the molecule is [C-]#[N+]c1ccc2c(c1)c1ccc(C(c3ccccc3)(c3ccccc3)c3ccc4c5ccccc5n(-c5ccccn5)c4c3)cc1n2-c1ccccn1. The van der Waals surface area contributed by atoms with Gasteiger partial charge in [-0.2, -0.15) is 0 Å². The van der Waals surface area contributed by atoms with Crippen LogP contribution in [0.15, 0.2) is 188 Å². The van der Waals surface area contributed by atoms with Crippen LogP contribution in [-0.4, -0.2) is 19.1 Å². The molecule has 0 bridgehead atoms. The smallest absolute Gasteiger partial charge is 0.188 e. The van der Waals surface area contributed by atoms with E-state index in [0.717, 1.165) is 66.7 Å². The summed E-state index contributed by atoms with van der Waals surface area (Å²) in [6.07, 6.45) is 3.69. The molecule has 0 radical (unpaired) electrons. The maximum absolute atomic E-state index is 7.76. The van der Waals surface area contributed by atoms with Crippen molar-refractivity contribution in [3.8, 4) is 11.6 Å². The standard InChI is InChI=1S/C48H31N5/c1-49-37-24-27-43-41(32-37)40-26-23-36(31-45(40)53(43)47-21-11-13-29-51-47)48(33-14-4-2-5-15-33,34-16-6-3-7-17-34)35-22-25-39-38-18-8-9-19-42(38)52(44(39)30-35)46-20-10-12-28-50-46/h2-32H. The normalized spacial score (nSPS) is 11.8. The molecule has 0 saturated heterocycles. The van der Waals surface area contributed by atoms with Crippen molar-refractivity contribution in [3.63, 3.8) is 0 Å². The van der Waals surface area contributed by atoms with Gasteiger partial charge in [-0.15, -0.1) is 0 Å². The Kier molecular flexibility index (Phi) is 7.02. The topological polar surface area (TPSA) is 40.0 Å². The number of para-hydroxylation sites is 1. The van der Waals surface area contributed by atoms with Gasteiger partial charge in [0.2, 0.25) is 0 Å². The molecule has 4 heterocycles. The molecule has 0 spiro atoms. The minimum atomic E-state index is -0.719. The molecule has 5 nitrogen and oxygen atoms in total. The summed E-state index contributed by atoms with van der Waals surface area (Å²) in [7, 11) is 0. The van der Waals surface area contributed by atoms with Crippen molar-refractivity contribution in [2.75, 3.05) is 0 Å². The van der Waals surface area contributed by atoms with Gasteiger partial charge in [-0.1, -0.05) is 121 Å². The van der Waals surface area contributed by atoms with E-state index in [1.807, 2.05) is 60.9 Å². The minimum absolute atomic E-state index is 0.612. The fourth-order valence-corrected chi connectivity index (χ4v) is 8.36. The van der Waals surface area contributed by atoms with Gasteiger partial charge in [0.05, 0.1) is 34.1 Å². The van der Waals surface area contributed by atoms with Crippen LogP contribution in [0.4, 0.5) is 5.69 Å². The van der Waals surface area contributed by atoms with Gasteiger partial charge in [-0.25, -0.2) is 14.8 Å². The molecule has 0 atom stereocenters. The molecule has 0 aliphatic heterocycles. The molecular weight excluding hydrogens is 647 g/mol. The highest BCUT2D eigenvalue weighted by Crippen LogP contribution is 2.48. The van der Waals surface area contributed by atoms with E-state index in [4.69, 9.17) is 16.5 Å². The second kappa shape index (κ2) is 12.2. The molecular formula is C48H31N5. The van der Waals surface area contributed by atoms with E-state index < -0.39 is 5.41 Å². The van der Waals surface area contributed by atoms with Crippen LogP contribution in [0.3, 0.4) is 0 Å². The number of hydrogen-bond donors (Lipinski definition) is 0. The first-order chi connectivity index (χ1) is 26.3. The number of nitrogens with zero attached hydrogens (tertiary/aromatic N) is 5. The molecule has 0 aliphatic carbocycles. The molecule has 0 N–H and O–H groups in total. The second-order valence-corrected chi connectivity index (χ2v) is 13.3. The van der Waals surface area contributed by atoms with Crippen LogP contribution < -0.4 is 0 Å². The van der Waals surface area contributed by atoms with Crippen molar-refractivity contribution >= 4 is 49.3 Å². The van der Waals surface area contributed by atoms with E-state index >= 15 is 0 Å². The Morgan fingerprint density at radius 2 is 0.887 bits per heavy atom. The monoisotopic (exact) mass is 677 g/mol. The highest BCUT2D eigenvalue weighted by Gasteiger charge is 2.39. The predicted molar refractivity (Wildman–Crippen MR) is 215 cm³/mol. The fourth-order valence-electron chi connectivity index (χ4n) is 8.36. The van der Waals surface area contributed by atoms with E-state index in [1.54, 1.807) is 0 Å². The number of rotatable bonds is 6. The summed E-state index contributed by atoms with van der Waals surface area (Å²) >= 11 is 0. The number of benzene rings is 6. The third-order valence-electron chi connectivity index (χ3n) is 10.6. The first-order valence-corrected chi connectivity index (χ1v) is 17.7. The maximum atomic E-state index is 7.76. The summed E-state index contributed by atoms with van der Waals surface area (Å²) in [4.78, 5) is 13.4. The number of fused-ring (bicyclic) bond motifs is 6. The quantitative estimate of drug-likeness (QED) is 0.130.